The summed E-state index contributed by atoms with van der Waals surface area (Å²) >= 11 is 0. The monoisotopic (exact) mass is 361 g/mol. The molecule has 0 aliphatic carbocycles. The third-order valence-electron chi connectivity index (χ3n) is 3.75. The average molecular weight is 361 g/mol. The fourth-order valence-electron chi connectivity index (χ4n) is 2.55. The van der Waals surface area contributed by atoms with Crippen LogP contribution < -0.4 is 10.6 Å². The van der Waals surface area contributed by atoms with Gasteiger partial charge in [0.2, 0.25) is 11.8 Å². The second-order valence-electron chi connectivity index (χ2n) is 5.95. The van der Waals surface area contributed by atoms with E-state index in [1.165, 1.54) is 13.0 Å². The molecule has 1 aromatic carbocycles. The molecule has 7 nitrogen and oxygen atoms in total. The third-order valence-corrected chi connectivity index (χ3v) is 3.75. The van der Waals surface area contributed by atoms with Crippen LogP contribution in [0.2, 0.25) is 0 Å². The van der Waals surface area contributed by atoms with E-state index in [4.69, 9.17) is 0 Å². The summed E-state index contributed by atoms with van der Waals surface area (Å²) in [5.74, 6) is -0.404. The highest BCUT2D eigenvalue weighted by atomic mass is 16.2. The Morgan fingerprint density at radius 1 is 1.04 bits per heavy atom. The van der Waals surface area contributed by atoms with E-state index in [0.717, 1.165) is 16.7 Å². The molecule has 0 radical (unpaired) electrons. The van der Waals surface area contributed by atoms with E-state index in [1.807, 2.05) is 19.3 Å². The van der Waals surface area contributed by atoms with E-state index >= 15 is 0 Å². The molecule has 0 saturated heterocycles. The predicted octanol–water partition coefficient (Wildman–Crippen LogP) is 3.09. The summed E-state index contributed by atoms with van der Waals surface area (Å²) in [6.45, 7) is 1.44. The van der Waals surface area contributed by atoms with Crippen molar-refractivity contribution in [2.24, 2.45) is 7.05 Å². The summed E-state index contributed by atoms with van der Waals surface area (Å²) in [5, 5.41) is 9.63. The number of aryl methyl sites for hydroxylation is 1. The van der Waals surface area contributed by atoms with Crippen LogP contribution in [0.15, 0.2) is 61.2 Å². The first-order valence-corrected chi connectivity index (χ1v) is 8.31. The van der Waals surface area contributed by atoms with Crippen LogP contribution >= 0.6 is 0 Å². The molecule has 3 aromatic rings. The first-order valence-electron chi connectivity index (χ1n) is 8.31. The molecule has 27 heavy (non-hydrogen) atoms. The van der Waals surface area contributed by atoms with Crippen LogP contribution in [0.25, 0.3) is 17.2 Å². The molecule has 2 N–H and O–H groups in total. The number of amides is 2. The van der Waals surface area contributed by atoms with E-state index < -0.39 is 0 Å². The summed E-state index contributed by atoms with van der Waals surface area (Å²) in [6.07, 6.45) is 10.3. The fraction of sp³-hybridized carbons (Fsp3) is 0.100. The smallest absolute Gasteiger partial charge is 0.248 e. The van der Waals surface area contributed by atoms with Crippen LogP contribution in [0.5, 0.6) is 0 Å². The van der Waals surface area contributed by atoms with E-state index in [-0.39, 0.29) is 11.8 Å². The molecular weight excluding hydrogens is 342 g/mol. The molecule has 0 atom stereocenters. The predicted molar refractivity (Wildman–Crippen MR) is 105 cm³/mol. The molecular formula is C20H19N5O2. The molecule has 3 rings (SSSR count). The lowest BCUT2D eigenvalue weighted by molar-refractivity contribution is -0.114. The van der Waals surface area contributed by atoms with Crippen molar-refractivity contribution >= 4 is 29.3 Å². The Morgan fingerprint density at radius 2 is 1.74 bits per heavy atom. The van der Waals surface area contributed by atoms with Gasteiger partial charge < -0.3 is 10.6 Å². The topological polar surface area (TPSA) is 88.9 Å². The molecule has 0 aliphatic rings. The second-order valence-corrected chi connectivity index (χ2v) is 5.95. The maximum Gasteiger partial charge on any atom is 0.248 e. The van der Waals surface area contributed by atoms with Crippen LogP contribution in [0.3, 0.4) is 0 Å². The van der Waals surface area contributed by atoms with Gasteiger partial charge >= 0.3 is 0 Å². The average Bonchev–Trinajstić information content (AvgIpc) is 3.08. The second kappa shape index (κ2) is 8.09. The van der Waals surface area contributed by atoms with Crippen molar-refractivity contribution < 1.29 is 9.59 Å². The molecule has 7 heteroatoms. The molecule has 0 saturated carbocycles. The van der Waals surface area contributed by atoms with Gasteiger partial charge in [0.15, 0.2) is 0 Å². The molecule has 2 aromatic heterocycles. The molecule has 0 fully saturated rings. The van der Waals surface area contributed by atoms with Crippen LogP contribution in [0.4, 0.5) is 11.4 Å². The minimum atomic E-state index is -0.261. The normalized spacial score (nSPS) is 10.7. The highest BCUT2D eigenvalue weighted by Crippen LogP contribution is 2.23. The van der Waals surface area contributed by atoms with Crippen molar-refractivity contribution in [3.05, 3.63) is 66.8 Å². The summed E-state index contributed by atoms with van der Waals surface area (Å²) in [4.78, 5) is 27.4. The summed E-state index contributed by atoms with van der Waals surface area (Å²) in [6, 6.07) is 8.78. The van der Waals surface area contributed by atoms with Gasteiger partial charge in [0.05, 0.1) is 6.20 Å². The van der Waals surface area contributed by atoms with Gasteiger partial charge in [-0.15, -0.1) is 0 Å². The number of aromatic nitrogens is 3. The van der Waals surface area contributed by atoms with Crippen molar-refractivity contribution in [1.29, 1.82) is 0 Å². The number of anilines is 2. The summed E-state index contributed by atoms with van der Waals surface area (Å²) in [7, 11) is 1.85. The Kier molecular flexibility index (Phi) is 5.41. The number of nitrogens with zero attached hydrogens (tertiary/aromatic N) is 3. The van der Waals surface area contributed by atoms with Crippen molar-refractivity contribution in [3.63, 3.8) is 0 Å². The van der Waals surface area contributed by atoms with E-state index in [1.54, 1.807) is 53.6 Å². The number of pyridine rings is 1. The molecule has 2 amide bonds. The van der Waals surface area contributed by atoms with Crippen LogP contribution in [-0.2, 0) is 16.6 Å². The van der Waals surface area contributed by atoms with Gasteiger partial charge in [-0.25, -0.2) is 0 Å². The van der Waals surface area contributed by atoms with E-state index in [0.29, 0.717) is 11.4 Å². The Hall–Kier alpha value is -3.74. The Balaban J connectivity index is 1.69. The highest BCUT2D eigenvalue weighted by Gasteiger charge is 2.06. The van der Waals surface area contributed by atoms with Crippen molar-refractivity contribution in [3.8, 4) is 11.1 Å². The van der Waals surface area contributed by atoms with Crippen molar-refractivity contribution in [2.45, 2.75) is 6.92 Å². The largest absolute Gasteiger partial charge is 0.326 e. The van der Waals surface area contributed by atoms with Gasteiger partial charge in [-0.05, 0) is 42.0 Å². The quantitative estimate of drug-likeness (QED) is 0.684. The maximum absolute atomic E-state index is 12.2. The van der Waals surface area contributed by atoms with Gasteiger partial charge in [-0.1, -0.05) is 0 Å². The molecule has 0 spiro atoms. The number of carbonyl (C=O) groups excluding carboxylic acids is 2. The summed E-state index contributed by atoms with van der Waals surface area (Å²) < 4.78 is 1.72. The number of hydrogen-bond donors (Lipinski definition) is 2. The lowest BCUT2D eigenvalue weighted by Crippen LogP contribution is -2.08. The fourth-order valence-corrected chi connectivity index (χ4v) is 2.55. The SMILES string of the molecule is CC(=O)Nc1ccc(NC(=O)/C=C/c2cnccc2-c2cnn(C)c2)cc1. The number of hydrogen-bond acceptors (Lipinski definition) is 4. The molecule has 0 aliphatic heterocycles. The number of benzene rings is 1. The number of nitrogens with one attached hydrogen (secondary N) is 2. The Labute approximate surface area is 156 Å². The number of rotatable bonds is 5. The highest BCUT2D eigenvalue weighted by molar-refractivity contribution is 6.02. The van der Waals surface area contributed by atoms with Gasteiger partial charge in [-0.3, -0.25) is 19.3 Å². The van der Waals surface area contributed by atoms with Gasteiger partial charge in [0, 0.05) is 61.1 Å². The van der Waals surface area contributed by atoms with Crippen molar-refractivity contribution in [2.75, 3.05) is 10.6 Å². The zero-order chi connectivity index (χ0) is 19.2. The molecule has 136 valence electrons. The molecule has 2 heterocycles. The third kappa shape index (κ3) is 4.88. The Morgan fingerprint density at radius 3 is 2.37 bits per heavy atom. The van der Waals surface area contributed by atoms with Gasteiger partial charge in [-0.2, -0.15) is 5.10 Å². The lowest BCUT2D eigenvalue weighted by atomic mass is 10.0. The van der Waals surface area contributed by atoms with Crippen LogP contribution in [-0.4, -0.2) is 26.6 Å². The zero-order valence-corrected chi connectivity index (χ0v) is 15.0. The first-order chi connectivity index (χ1) is 13.0. The van der Waals surface area contributed by atoms with Crippen molar-refractivity contribution in [1.82, 2.24) is 14.8 Å². The van der Waals surface area contributed by atoms with Crippen LogP contribution in [0.1, 0.15) is 12.5 Å². The van der Waals surface area contributed by atoms with Gasteiger partial charge in [0.1, 0.15) is 0 Å². The number of carbonyl (C=O) groups is 2. The standard InChI is InChI=1S/C20H19N5O2/c1-14(26)23-17-4-6-18(7-5-17)24-20(27)8-3-15-11-21-10-9-19(15)16-12-22-25(2)13-16/h3-13H,1-2H3,(H,23,26)(H,24,27)/b8-3+. The Bertz CT molecular complexity index is 990. The van der Waals surface area contributed by atoms with Crippen LogP contribution in [0, 0.1) is 0 Å². The molecule has 0 unspecified atom stereocenters. The van der Waals surface area contributed by atoms with E-state index in [9.17, 15) is 9.59 Å². The molecule has 0 bridgehead atoms. The minimum absolute atomic E-state index is 0.143. The maximum atomic E-state index is 12.2. The lowest BCUT2D eigenvalue weighted by Gasteiger charge is -2.05. The first kappa shape index (κ1) is 18.1. The van der Waals surface area contributed by atoms with Gasteiger partial charge in [0.25, 0.3) is 0 Å². The minimum Gasteiger partial charge on any atom is -0.326 e. The van der Waals surface area contributed by atoms with E-state index in [2.05, 4.69) is 20.7 Å². The summed E-state index contributed by atoms with van der Waals surface area (Å²) in [5.41, 5.74) is 4.03. The zero-order valence-electron chi connectivity index (χ0n) is 15.0.